The molecule has 0 bridgehead atoms. The van der Waals surface area contributed by atoms with Crippen LogP contribution in [-0.2, 0) is 6.42 Å². The maximum Gasteiger partial charge on any atom is 0.0900 e. The van der Waals surface area contributed by atoms with Crippen LogP contribution in [0, 0.1) is 5.92 Å². The van der Waals surface area contributed by atoms with Gasteiger partial charge in [0, 0.05) is 0 Å². The number of thiophene rings is 1. The van der Waals surface area contributed by atoms with Crippen LogP contribution in [0.5, 0.6) is 0 Å². The van der Waals surface area contributed by atoms with Crippen molar-refractivity contribution in [1.29, 1.82) is 0 Å². The van der Waals surface area contributed by atoms with Crippen LogP contribution in [-0.4, -0.2) is 0 Å². The van der Waals surface area contributed by atoms with Gasteiger partial charge in [-0.25, -0.2) is 0 Å². The minimum atomic E-state index is 0.679. The molecule has 0 aliphatic rings. The van der Waals surface area contributed by atoms with Crippen molar-refractivity contribution >= 4 is 32.3 Å². The Hall–Kier alpha value is -0.0200. The fraction of sp³-hybridized carbons (Fsp3) is 0.500. The molecule has 2 N–H and O–H groups in total. The molecule has 0 aliphatic heterocycles. The van der Waals surface area contributed by atoms with Crippen LogP contribution >= 0.6 is 27.3 Å². The average Bonchev–Trinajstić information content (AvgIpc) is 2.09. The Balaban J connectivity index is 2.77. The van der Waals surface area contributed by atoms with E-state index in [1.807, 2.05) is 0 Å². The van der Waals surface area contributed by atoms with E-state index in [-0.39, 0.29) is 0 Å². The Bertz CT molecular complexity index is 242. The summed E-state index contributed by atoms with van der Waals surface area (Å²) in [4.78, 5) is 0. The number of nitrogen functional groups attached to an aromatic ring is 1. The molecule has 11 heavy (non-hydrogen) atoms. The molecule has 0 atom stereocenters. The fourth-order valence-corrected chi connectivity index (χ4v) is 2.49. The molecule has 0 aromatic carbocycles. The normalized spacial score (nSPS) is 10.9. The summed E-state index contributed by atoms with van der Waals surface area (Å²) in [6.45, 7) is 4.40. The molecular formula is C8H12BrNS. The quantitative estimate of drug-likeness (QED) is 0.834. The smallest absolute Gasteiger partial charge is 0.0900 e. The van der Waals surface area contributed by atoms with E-state index in [9.17, 15) is 0 Å². The van der Waals surface area contributed by atoms with E-state index < -0.39 is 0 Å². The van der Waals surface area contributed by atoms with Gasteiger partial charge in [-0.15, -0.1) is 11.3 Å². The fourth-order valence-electron chi connectivity index (χ4n) is 1.01. The molecule has 3 heteroatoms. The second-order valence-corrected chi connectivity index (χ2v) is 5.50. The summed E-state index contributed by atoms with van der Waals surface area (Å²) in [5.41, 5.74) is 7.05. The molecule has 0 saturated carbocycles. The second-order valence-electron chi connectivity index (χ2n) is 3.04. The molecule has 1 nitrogen and oxygen atoms in total. The summed E-state index contributed by atoms with van der Waals surface area (Å²) in [5, 5.41) is 0.950. The largest absolute Gasteiger partial charge is 0.390 e. The summed E-state index contributed by atoms with van der Waals surface area (Å²) in [6, 6.07) is 2.11. The molecular weight excluding hydrogens is 222 g/mol. The summed E-state index contributed by atoms with van der Waals surface area (Å²) in [6.07, 6.45) is 1.08. The summed E-state index contributed by atoms with van der Waals surface area (Å²) in [5.74, 6) is 0.679. The van der Waals surface area contributed by atoms with E-state index in [1.165, 1.54) is 5.56 Å². The molecule has 1 aromatic rings. The number of nitrogens with two attached hydrogens (primary N) is 1. The lowest BCUT2D eigenvalue weighted by atomic mass is 10.1. The molecule has 0 amide bonds. The molecule has 0 fully saturated rings. The summed E-state index contributed by atoms with van der Waals surface area (Å²) < 4.78 is 1.13. The Morgan fingerprint density at radius 3 is 2.64 bits per heavy atom. The van der Waals surface area contributed by atoms with Gasteiger partial charge in [-0.3, -0.25) is 0 Å². The predicted molar refractivity (Wildman–Crippen MR) is 55.0 cm³/mol. The number of anilines is 1. The van der Waals surface area contributed by atoms with Crippen molar-refractivity contribution in [1.82, 2.24) is 0 Å². The van der Waals surface area contributed by atoms with Crippen molar-refractivity contribution in [3.05, 3.63) is 15.4 Å². The van der Waals surface area contributed by atoms with Gasteiger partial charge in [0.05, 0.1) is 8.79 Å². The number of rotatable bonds is 2. The molecule has 1 heterocycles. The average molecular weight is 234 g/mol. The second kappa shape index (κ2) is 3.59. The van der Waals surface area contributed by atoms with Crippen molar-refractivity contribution < 1.29 is 0 Å². The molecule has 1 aromatic heterocycles. The van der Waals surface area contributed by atoms with E-state index >= 15 is 0 Å². The van der Waals surface area contributed by atoms with Gasteiger partial charge in [-0.1, -0.05) is 13.8 Å². The molecule has 1 rings (SSSR count). The van der Waals surface area contributed by atoms with Gasteiger partial charge in [0.15, 0.2) is 0 Å². The van der Waals surface area contributed by atoms with Gasteiger partial charge < -0.3 is 5.73 Å². The van der Waals surface area contributed by atoms with Crippen LogP contribution in [0.25, 0.3) is 0 Å². The van der Waals surface area contributed by atoms with E-state index in [0.29, 0.717) is 5.92 Å². The number of hydrogen-bond acceptors (Lipinski definition) is 2. The first-order valence-corrected chi connectivity index (χ1v) is 5.24. The zero-order valence-corrected chi connectivity index (χ0v) is 9.13. The lowest BCUT2D eigenvalue weighted by Gasteiger charge is -2.01. The lowest BCUT2D eigenvalue weighted by Crippen LogP contribution is -1.95. The Labute approximate surface area is 79.7 Å². The Morgan fingerprint density at radius 2 is 2.27 bits per heavy atom. The first-order valence-electron chi connectivity index (χ1n) is 3.63. The van der Waals surface area contributed by atoms with Crippen molar-refractivity contribution in [3.8, 4) is 0 Å². The first kappa shape index (κ1) is 9.07. The number of halogens is 1. The van der Waals surface area contributed by atoms with Gasteiger partial charge >= 0.3 is 0 Å². The SMILES string of the molecule is CC(C)Cc1cc(Br)sc1N. The maximum atomic E-state index is 5.78. The topological polar surface area (TPSA) is 26.0 Å². The van der Waals surface area contributed by atoms with Crippen LogP contribution in [0.4, 0.5) is 5.00 Å². The zero-order valence-electron chi connectivity index (χ0n) is 6.73. The van der Waals surface area contributed by atoms with E-state index in [0.717, 1.165) is 15.2 Å². The highest BCUT2D eigenvalue weighted by molar-refractivity contribution is 9.11. The zero-order chi connectivity index (χ0) is 8.43. The van der Waals surface area contributed by atoms with Crippen molar-refractivity contribution in [2.45, 2.75) is 20.3 Å². The molecule has 0 saturated heterocycles. The minimum absolute atomic E-state index is 0.679. The van der Waals surface area contributed by atoms with Crippen LogP contribution < -0.4 is 5.73 Å². The monoisotopic (exact) mass is 233 g/mol. The molecule has 62 valence electrons. The first-order chi connectivity index (χ1) is 5.09. The molecule has 0 spiro atoms. The van der Waals surface area contributed by atoms with Crippen LogP contribution in [0.15, 0.2) is 9.85 Å². The highest BCUT2D eigenvalue weighted by Gasteiger charge is 2.05. The van der Waals surface area contributed by atoms with Gasteiger partial charge in [-0.05, 0) is 39.9 Å². The van der Waals surface area contributed by atoms with E-state index in [1.54, 1.807) is 11.3 Å². The van der Waals surface area contributed by atoms with Gasteiger partial charge in [-0.2, -0.15) is 0 Å². The third-order valence-electron chi connectivity index (χ3n) is 1.44. The molecule has 0 unspecified atom stereocenters. The van der Waals surface area contributed by atoms with Crippen molar-refractivity contribution in [2.24, 2.45) is 5.92 Å². The Morgan fingerprint density at radius 1 is 1.64 bits per heavy atom. The van der Waals surface area contributed by atoms with Crippen LogP contribution in [0.2, 0.25) is 0 Å². The van der Waals surface area contributed by atoms with E-state index in [2.05, 4.69) is 35.8 Å². The number of hydrogen-bond donors (Lipinski definition) is 1. The molecule has 0 radical (unpaired) electrons. The predicted octanol–water partition coefficient (Wildman–Crippen LogP) is 3.29. The van der Waals surface area contributed by atoms with E-state index in [4.69, 9.17) is 5.73 Å². The minimum Gasteiger partial charge on any atom is -0.390 e. The third-order valence-corrected chi connectivity index (χ3v) is 2.95. The Kier molecular flexibility index (Phi) is 2.96. The highest BCUT2D eigenvalue weighted by Crippen LogP contribution is 2.30. The standard InChI is InChI=1S/C8H12BrNS/c1-5(2)3-6-4-7(9)11-8(6)10/h4-5H,3,10H2,1-2H3. The van der Waals surface area contributed by atoms with Crippen LogP contribution in [0.3, 0.4) is 0 Å². The third kappa shape index (κ3) is 2.49. The van der Waals surface area contributed by atoms with Crippen molar-refractivity contribution in [3.63, 3.8) is 0 Å². The van der Waals surface area contributed by atoms with Gasteiger partial charge in [0.1, 0.15) is 0 Å². The highest BCUT2D eigenvalue weighted by atomic mass is 79.9. The van der Waals surface area contributed by atoms with Crippen LogP contribution in [0.1, 0.15) is 19.4 Å². The summed E-state index contributed by atoms with van der Waals surface area (Å²) >= 11 is 5.02. The van der Waals surface area contributed by atoms with Crippen molar-refractivity contribution in [2.75, 3.05) is 5.73 Å². The summed E-state index contributed by atoms with van der Waals surface area (Å²) in [7, 11) is 0. The molecule has 0 aliphatic carbocycles. The lowest BCUT2D eigenvalue weighted by molar-refractivity contribution is 0.649. The van der Waals surface area contributed by atoms with Gasteiger partial charge in [0.2, 0.25) is 0 Å². The van der Waals surface area contributed by atoms with Gasteiger partial charge in [0.25, 0.3) is 0 Å². The maximum absolute atomic E-state index is 5.78.